The zero-order valence-corrected chi connectivity index (χ0v) is 12.4. The predicted octanol–water partition coefficient (Wildman–Crippen LogP) is 1.87. The van der Waals surface area contributed by atoms with Crippen LogP contribution in [0.3, 0.4) is 0 Å². The fourth-order valence-corrected chi connectivity index (χ4v) is 4.58. The highest BCUT2D eigenvalue weighted by atomic mass is 16.7. The summed E-state index contributed by atoms with van der Waals surface area (Å²) in [4.78, 5) is 24.3. The minimum atomic E-state index is -1.05. The minimum absolute atomic E-state index is 0.205. The van der Waals surface area contributed by atoms with Gasteiger partial charge in [-0.25, -0.2) is 9.59 Å². The van der Waals surface area contributed by atoms with Gasteiger partial charge in [-0.05, 0) is 25.7 Å². The molecule has 0 radical (unpaired) electrons. The number of methoxy groups -OCH3 is 1. The number of carbonyl (C=O) groups excluding carboxylic acids is 2. The Labute approximate surface area is 122 Å². The van der Waals surface area contributed by atoms with E-state index >= 15 is 0 Å². The van der Waals surface area contributed by atoms with Crippen LogP contribution in [0, 0.1) is 11.3 Å². The molecule has 2 aliphatic carbocycles. The molecule has 5 heteroatoms. The molecule has 0 amide bonds. The number of esters is 2. The van der Waals surface area contributed by atoms with Crippen LogP contribution in [0.1, 0.15) is 33.1 Å². The highest BCUT2D eigenvalue weighted by Crippen LogP contribution is 2.62. The van der Waals surface area contributed by atoms with Crippen LogP contribution in [0.5, 0.6) is 0 Å². The Morgan fingerprint density at radius 2 is 2.10 bits per heavy atom. The van der Waals surface area contributed by atoms with E-state index in [1.165, 1.54) is 0 Å². The standard InChI is InChI=1S/C16H18O5/c1-8-11-12-15(2)9(5-4-6-10(15)14(18)20-12)7-16(11,19-3)21-13(8)17/h6,9,12H,4-5,7H2,1-3H3/t9-,12+,15+,16+/m1/s1. The molecule has 0 bridgehead atoms. The van der Waals surface area contributed by atoms with Crippen molar-refractivity contribution in [3.63, 3.8) is 0 Å². The number of rotatable bonds is 1. The highest BCUT2D eigenvalue weighted by Gasteiger charge is 2.68. The van der Waals surface area contributed by atoms with Gasteiger partial charge in [0.2, 0.25) is 5.79 Å². The van der Waals surface area contributed by atoms with Gasteiger partial charge in [-0.2, -0.15) is 0 Å². The molecule has 2 fully saturated rings. The number of allylic oxidation sites excluding steroid dienone is 1. The Morgan fingerprint density at radius 3 is 2.81 bits per heavy atom. The maximum absolute atomic E-state index is 12.2. The van der Waals surface area contributed by atoms with Crippen LogP contribution in [0.4, 0.5) is 0 Å². The number of hydrogen-bond donors (Lipinski definition) is 0. The third-order valence-corrected chi connectivity index (χ3v) is 5.77. The van der Waals surface area contributed by atoms with E-state index in [1.807, 2.05) is 6.08 Å². The number of hydrogen-bond acceptors (Lipinski definition) is 5. The average Bonchev–Trinajstić information content (AvgIpc) is 2.85. The van der Waals surface area contributed by atoms with Crippen LogP contribution in [0.2, 0.25) is 0 Å². The van der Waals surface area contributed by atoms with Crippen molar-refractivity contribution < 1.29 is 23.8 Å². The van der Waals surface area contributed by atoms with Gasteiger partial charge in [0, 0.05) is 30.1 Å². The first-order valence-electron chi connectivity index (χ1n) is 7.35. The summed E-state index contributed by atoms with van der Waals surface area (Å²) in [6.07, 6.45) is 3.92. The van der Waals surface area contributed by atoms with Crippen LogP contribution in [-0.4, -0.2) is 30.9 Å². The van der Waals surface area contributed by atoms with Crippen LogP contribution < -0.4 is 0 Å². The second-order valence-corrected chi connectivity index (χ2v) is 6.55. The molecule has 0 N–H and O–H groups in total. The van der Waals surface area contributed by atoms with Crippen molar-refractivity contribution in [2.75, 3.05) is 7.11 Å². The molecule has 0 aromatic carbocycles. The van der Waals surface area contributed by atoms with Crippen LogP contribution >= 0.6 is 0 Å². The summed E-state index contributed by atoms with van der Waals surface area (Å²) in [5, 5.41) is 0. The van der Waals surface area contributed by atoms with Gasteiger partial charge in [0.1, 0.15) is 6.10 Å². The Kier molecular flexibility index (Phi) is 2.35. The summed E-state index contributed by atoms with van der Waals surface area (Å²) in [7, 11) is 1.55. The first kappa shape index (κ1) is 13.1. The van der Waals surface area contributed by atoms with E-state index in [4.69, 9.17) is 14.2 Å². The van der Waals surface area contributed by atoms with E-state index in [0.717, 1.165) is 18.4 Å². The zero-order valence-electron chi connectivity index (χ0n) is 12.4. The SMILES string of the molecule is CO[C@]12C[C@H]3CCC=C4C(=O)O[C@@H](C1=C(C)C(=O)O2)[C@]43C. The van der Waals surface area contributed by atoms with Crippen molar-refractivity contribution in [2.24, 2.45) is 11.3 Å². The maximum atomic E-state index is 12.2. The van der Waals surface area contributed by atoms with Crippen molar-refractivity contribution in [1.82, 2.24) is 0 Å². The quantitative estimate of drug-likeness (QED) is 0.690. The summed E-state index contributed by atoms with van der Waals surface area (Å²) in [5.41, 5.74) is 1.60. The molecule has 4 atom stereocenters. The summed E-state index contributed by atoms with van der Waals surface area (Å²) in [5.74, 6) is -1.49. The fourth-order valence-electron chi connectivity index (χ4n) is 4.58. The lowest BCUT2D eigenvalue weighted by molar-refractivity contribution is -0.218. The van der Waals surface area contributed by atoms with Crippen molar-refractivity contribution >= 4 is 11.9 Å². The number of carbonyl (C=O) groups is 2. The lowest BCUT2D eigenvalue weighted by Crippen LogP contribution is -2.54. The van der Waals surface area contributed by atoms with Gasteiger partial charge in [0.15, 0.2) is 0 Å². The lowest BCUT2D eigenvalue weighted by Gasteiger charge is -2.49. The molecule has 0 aromatic heterocycles. The van der Waals surface area contributed by atoms with Crippen molar-refractivity contribution in [3.05, 3.63) is 22.8 Å². The Morgan fingerprint density at radius 1 is 1.33 bits per heavy atom. The second kappa shape index (κ2) is 3.77. The predicted molar refractivity (Wildman–Crippen MR) is 71.9 cm³/mol. The molecule has 4 rings (SSSR count). The second-order valence-electron chi connectivity index (χ2n) is 6.55. The van der Waals surface area contributed by atoms with E-state index in [2.05, 4.69) is 6.92 Å². The molecule has 5 nitrogen and oxygen atoms in total. The Balaban J connectivity index is 1.95. The first-order valence-corrected chi connectivity index (χ1v) is 7.35. The molecule has 1 saturated heterocycles. The molecule has 2 heterocycles. The monoisotopic (exact) mass is 290 g/mol. The molecule has 1 saturated carbocycles. The molecule has 0 aromatic rings. The van der Waals surface area contributed by atoms with Gasteiger partial charge in [-0.3, -0.25) is 0 Å². The van der Waals surface area contributed by atoms with Gasteiger partial charge < -0.3 is 14.2 Å². The lowest BCUT2D eigenvalue weighted by atomic mass is 9.56. The van der Waals surface area contributed by atoms with Gasteiger partial charge in [-0.1, -0.05) is 13.0 Å². The number of fused-ring (bicyclic) bond motifs is 2. The van der Waals surface area contributed by atoms with Crippen LogP contribution in [0.15, 0.2) is 22.8 Å². The molecular formula is C16H18O5. The Bertz CT molecular complexity index is 631. The fraction of sp³-hybridized carbons (Fsp3) is 0.625. The normalized spacial score (nSPS) is 44.0. The maximum Gasteiger partial charge on any atom is 0.336 e. The third kappa shape index (κ3) is 1.31. The van der Waals surface area contributed by atoms with Gasteiger partial charge >= 0.3 is 11.9 Å². The van der Waals surface area contributed by atoms with Gasteiger partial charge in [0.05, 0.1) is 5.57 Å². The van der Waals surface area contributed by atoms with E-state index < -0.39 is 11.9 Å². The summed E-state index contributed by atoms with van der Waals surface area (Å²) >= 11 is 0. The smallest absolute Gasteiger partial charge is 0.336 e. The van der Waals surface area contributed by atoms with Crippen molar-refractivity contribution in [3.8, 4) is 0 Å². The molecular weight excluding hydrogens is 272 g/mol. The van der Waals surface area contributed by atoms with Crippen molar-refractivity contribution in [2.45, 2.75) is 45.0 Å². The average molecular weight is 290 g/mol. The first-order chi connectivity index (χ1) is 9.94. The Hall–Kier alpha value is -1.62. The van der Waals surface area contributed by atoms with E-state index in [-0.39, 0.29) is 23.3 Å². The van der Waals surface area contributed by atoms with Gasteiger partial charge in [-0.15, -0.1) is 0 Å². The zero-order chi connectivity index (χ0) is 15.0. The van der Waals surface area contributed by atoms with Crippen LogP contribution in [0.25, 0.3) is 0 Å². The molecule has 21 heavy (non-hydrogen) atoms. The molecule has 0 spiro atoms. The van der Waals surface area contributed by atoms with E-state index in [1.54, 1.807) is 14.0 Å². The molecule has 112 valence electrons. The van der Waals surface area contributed by atoms with E-state index in [0.29, 0.717) is 17.6 Å². The summed E-state index contributed by atoms with van der Waals surface area (Å²) in [6, 6.07) is 0. The highest BCUT2D eigenvalue weighted by molar-refractivity contribution is 5.96. The van der Waals surface area contributed by atoms with Crippen LogP contribution in [-0.2, 0) is 23.8 Å². The van der Waals surface area contributed by atoms with Gasteiger partial charge in [0.25, 0.3) is 0 Å². The summed E-state index contributed by atoms with van der Waals surface area (Å²) < 4.78 is 16.8. The van der Waals surface area contributed by atoms with Crippen molar-refractivity contribution in [1.29, 1.82) is 0 Å². The molecule has 4 aliphatic rings. The molecule has 2 aliphatic heterocycles. The minimum Gasteiger partial charge on any atom is -0.453 e. The van der Waals surface area contributed by atoms with E-state index in [9.17, 15) is 9.59 Å². The third-order valence-electron chi connectivity index (χ3n) is 5.77. The topological polar surface area (TPSA) is 61.8 Å². The number of ether oxygens (including phenoxy) is 3. The summed E-state index contributed by atoms with van der Waals surface area (Å²) in [6.45, 7) is 3.79. The molecule has 0 unspecified atom stereocenters. The largest absolute Gasteiger partial charge is 0.453 e.